The molecule has 0 spiro atoms. The predicted octanol–water partition coefficient (Wildman–Crippen LogP) is 0.902. The molecule has 1 fully saturated rings. The normalized spacial score (nSPS) is 18.5. The summed E-state index contributed by atoms with van der Waals surface area (Å²) in [4.78, 5) is 4.35. The van der Waals surface area contributed by atoms with E-state index in [1.54, 1.807) is 7.11 Å². The fourth-order valence-electron chi connectivity index (χ4n) is 1.52. The Kier molecular flexibility index (Phi) is 4.27. The summed E-state index contributed by atoms with van der Waals surface area (Å²) in [6.07, 6.45) is 0.735. The SMILES string of the molecule is COCCc1nsc(NCC2(C)OCCO2)n1. The van der Waals surface area contributed by atoms with Gasteiger partial charge in [0, 0.05) is 25.1 Å². The molecule has 0 bridgehead atoms. The highest BCUT2D eigenvalue weighted by atomic mass is 32.1. The first-order valence-electron chi connectivity index (χ1n) is 5.55. The fraction of sp³-hybridized carbons (Fsp3) is 0.800. The van der Waals surface area contributed by atoms with E-state index in [9.17, 15) is 0 Å². The third-order valence-electron chi connectivity index (χ3n) is 2.46. The van der Waals surface area contributed by atoms with Gasteiger partial charge in [0.2, 0.25) is 5.13 Å². The molecule has 1 aromatic heterocycles. The number of nitrogens with zero attached hydrogens (tertiary/aromatic N) is 2. The molecule has 0 aliphatic carbocycles. The Morgan fingerprint density at radius 3 is 2.94 bits per heavy atom. The lowest BCUT2D eigenvalue weighted by Crippen LogP contribution is -2.34. The molecule has 0 unspecified atom stereocenters. The van der Waals surface area contributed by atoms with Gasteiger partial charge in [-0.3, -0.25) is 0 Å². The summed E-state index contributed by atoms with van der Waals surface area (Å²) < 4.78 is 20.2. The number of anilines is 1. The Morgan fingerprint density at radius 2 is 2.24 bits per heavy atom. The molecule has 0 amide bonds. The minimum atomic E-state index is -0.543. The van der Waals surface area contributed by atoms with Gasteiger partial charge in [0.15, 0.2) is 5.79 Å². The number of aromatic nitrogens is 2. The molecule has 1 aromatic rings. The van der Waals surface area contributed by atoms with E-state index in [2.05, 4.69) is 14.7 Å². The number of ether oxygens (including phenoxy) is 3. The van der Waals surface area contributed by atoms with Gasteiger partial charge in [-0.05, 0) is 6.92 Å². The molecule has 2 rings (SSSR count). The van der Waals surface area contributed by atoms with E-state index in [1.165, 1.54) is 11.5 Å². The van der Waals surface area contributed by atoms with Crippen molar-refractivity contribution in [3.8, 4) is 0 Å². The summed E-state index contributed by atoms with van der Waals surface area (Å²) in [6.45, 7) is 4.42. The van der Waals surface area contributed by atoms with Crippen LogP contribution in [0.25, 0.3) is 0 Å². The van der Waals surface area contributed by atoms with Crippen LogP contribution >= 0.6 is 11.5 Å². The monoisotopic (exact) mass is 259 g/mol. The Hall–Kier alpha value is -0.760. The van der Waals surface area contributed by atoms with Crippen LogP contribution in [-0.2, 0) is 20.6 Å². The lowest BCUT2D eigenvalue weighted by atomic mass is 10.3. The average molecular weight is 259 g/mol. The van der Waals surface area contributed by atoms with Crippen molar-refractivity contribution in [2.45, 2.75) is 19.1 Å². The average Bonchev–Trinajstić information content (AvgIpc) is 2.94. The summed E-state index contributed by atoms with van der Waals surface area (Å²) in [6, 6.07) is 0. The van der Waals surface area contributed by atoms with Crippen LogP contribution in [0.4, 0.5) is 5.13 Å². The number of hydrogen-bond acceptors (Lipinski definition) is 7. The first kappa shape index (κ1) is 12.7. The van der Waals surface area contributed by atoms with Crippen LogP contribution in [0.3, 0.4) is 0 Å². The Morgan fingerprint density at radius 1 is 1.47 bits per heavy atom. The van der Waals surface area contributed by atoms with E-state index >= 15 is 0 Å². The van der Waals surface area contributed by atoms with Crippen molar-refractivity contribution < 1.29 is 14.2 Å². The highest BCUT2D eigenvalue weighted by Gasteiger charge is 2.30. The molecule has 1 saturated heterocycles. The lowest BCUT2D eigenvalue weighted by Gasteiger charge is -2.21. The fourth-order valence-corrected chi connectivity index (χ4v) is 2.12. The molecule has 0 atom stereocenters. The minimum Gasteiger partial charge on any atom is -0.384 e. The molecule has 1 aliphatic rings. The van der Waals surface area contributed by atoms with E-state index in [0.29, 0.717) is 26.4 Å². The van der Waals surface area contributed by atoms with E-state index in [4.69, 9.17) is 14.2 Å². The number of methoxy groups -OCH3 is 1. The van der Waals surface area contributed by atoms with Gasteiger partial charge in [-0.1, -0.05) is 0 Å². The molecular formula is C10H17N3O3S. The second kappa shape index (κ2) is 5.72. The number of hydrogen-bond donors (Lipinski definition) is 1. The van der Waals surface area contributed by atoms with Gasteiger partial charge in [-0.25, -0.2) is 4.98 Å². The molecule has 0 saturated carbocycles. The van der Waals surface area contributed by atoms with Crippen LogP contribution in [0.5, 0.6) is 0 Å². The first-order valence-corrected chi connectivity index (χ1v) is 6.32. The third kappa shape index (κ3) is 3.60. The summed E-state index contributed by atoms with van der Waals surface area (Å²) in [5, 5.41) is 3.97. The maximum Gasteiger partial charge on any atom is 0.202 e. The standard InChI is InChI=1S/C10H17N3O3S/c1-10(15-5-6-16-10)7-11-9-12-8(13-17-9)3-4-14-2/h3-7H2,1-2H3,(H,11,12,13). The molecule has 1 N–H and O–H groups in total. The molecule has 0 aromatic carbocycles. The molecule has 17 heavy (non-hydrogen) atoms. The van der Waals surface area contributed by atoms with Crippen molar-refractivity contribution >= 4 is 16.7 Å². The van der Waals surface area contributed by atoms with Crippen LogP contribution < -0.4 is 5.32 Å². The first-order chi connectivity index (χ1) is 8.22. The predicted molar refractivity (Wildman–Crippen MR) is 64.3 cm³/mol. The Bertz CT molecular complexity index is 352. The van der Waals surface area contributed by atoms with Gasteiger partial charge in [-0.2, -0.15) is 4.37 Å². The summed E-state index contributed by atoms with van der Waals surface area (Å²) >= 11 is 1.34. The van der Waals surface area contributed by atoms with Crippen LogP contribution in [0.2, 0.25) is 0 Å². The zero-order chi connectivity index (χ0) is 12.1. The molecule has 0 radical (unpaired) electrons. The maximum atomic E-state index is 5.49. The third-order valence-corrected chi connectivity index (χ3v) is 3.17. The van der Waals surface area contributed by atoms with E-state index < -0.39 is 5.79 Å². The molecule has 7 heteroatoms. The second-order valence-electron chi connectivity index (χ2n) is 3.94. The van der Waals surface area contributed by atoms with Gasteiger partial charge in [0.25, 0.3) is 0 Å². The molecule has 96 valence electrons. The van der Waals surface area contributed by atoms with Gasteiger partial charge in [-0.15, -0.1) is 0 Å². The van der Waals surface area contributed by atoms with E-state index in [0.717, 1.165) is 17.4 Å². The summed E-state index contributed by atoms with van der Waals surface area (Å²) in [5.74, 6) is 0.260. The number of rotatable bonds is 6. The molecule has 2 heterocycles. The maximum absolute atomic E-state index is 5.49. The van der Waals surface area contributed by atoms with Crippen LogP contribution in [0, 0.1) is 0 Å². The Balaban J connectivity index is 1.80. The topological polar surface area (TPSA) is 65.5 Å². The van der Waals surface area contributed by atoms with Gasteiger partial charge in [0.05, 0.1) is 26.4 Å². The van der Waals surface area contributed by atoms with Crippen molar-refractivity contribution in [2.24, 2.45) is 0 Å². The molecular weight excluding hydrogens is 242 g/mol. The smallest absolute Gasteiger partial charge is 0.202 e. The van der Waals surface area contributed by atoms with Crippen LogP contribution in [0.1, 0.15) is 12.7 Å². The Labute approximate surface area is 104 Å². The van der Waals surface area contributed by atoms with Crippen molar-refractivity contribution in [1.82, 2.24) is 9.36 Å². The number of nitrogens with one attached hydrogen (secondary N) is 1. The highest BCUT2D eigenvalue weighted by Crippen LogP contribution is 2.20. The van der Waals surface area contributed by atoms with E-state index in [1.807, 2.05) is 6.92 Å². The van der Waals surface area contributed by atoms with Crippen molar-refractivity contribution in [3.63, 3.8) is 0 Å². The lowest BCUT2D eigenvalue weighted by molar-refractivity contribution is -0.129. The zero-order valence-electron chi connectivity index (χ0n) is 10.1. The zero-order valence-corrected chi connectivity index (χ0v) is 10.9. The van der Waals surface area contributed by atoms with Gasteiger partial charge in [0.1, 0.15) is 5.82 Å². The molecule has 1 aliphatic heterocycles. The van der Waals surface area contributed by atoms with Crippen LogP contribution in [0.15, 0.2) is 0 Å². The molecule has 6 nitrogen and oxygen atoms in total. The van der Waals surface area contributed by atoms with Crippen molar-refractivity contribution in [1.29, 1.82) is 0 Å². The van der Waals surface area contributed by atoms with Crippen LogP contribution in [-0.4, -0.2) is 48.6 Å². The summed E-state index contributed by atoms with van der Waals surface area (Å²) in [7, 11) is 1.67. The minimum absolute atomic E-state index is 0.543. The second-order valence-corrected chi connectivity index (χ2v) is 4.69. The largest absolute Gasteiger partial charge is 0.384 e. The van der Waals surface area contributed by atoms with Crippen molar-refractivity contribution in [2.75, 3.05) is 38.8 Å². The highest BCUT2D eigenvalue weighted by molar-refractivity contribution is 7.09. The van der Waals surface area contributed by atoms with Gasteiger partial charge < -0.3 is 19.5 Å². The van der Waals surface area contributed by atoms with E-state index in [-0.39, 0.29) is 0 Å². The van der Waals surface area contributed by atoms with Crippen molar-refractivity contribution in [3.05, 3.63) is 5.82 Å². The van der Waals surface area contributed by atoms with Gasteiger partial charge >= 0.3 is 0 Å². The quantitative estimate of drug-likeness (QED) is 0.819. The summed E-state index contributed by atoms with van der Waals surface area (Å²) in [5.41, 5.74) is 0.